The third-order valence-corrected chi connectivity index (χ3v) is 2.04. The Morgan fingerprint density at radius 2 is 1.07 bits per heavy atom. The molecule has 14 heavy (non-hydrogen) atoms. The molecule has 0 saturated carbocycles. The Balaban J connectivity index is 3.24. The Hall–Kier alpha value is -1.58. The summed E-state index contributed by atoms with van der Waals surface area (Å²) in [6, 6.07) is 3.09. The molecule has 0 amide bonds. The van der Waals surface area contributed by atoms with Crippen LogP contribution >= 0.6 is 0 Å². The van der Waals surface area contributed by atoms with Gasteiger partial charge in [0.1, 0.15) is 11.5 Å². The maximum atomic E-state index is 9.66. The van der Waals surface area contributed by atoms with Crippen LogP contribution in [0.3, 0.4) is 0 Å². The highest BCUT2D eigenvalue weighted by Crippen LogP contribution is 2.37. The average Bonchev–Trinajstić information content (AvgIpc) is 2.07. The van der Waals surface area contributed by atoms with Gasteiger partial charge in [-0.15, -0.1) is 0 Å². The van der Waals surface area contributed by atoms with Gasteiger partial charge in [-0.2, -0.15) is 0 Å². The molecule has 4 nitrogen and oxygen atoms in total. The van der Waals surface area contributed by atoms with E-state index < -0.39 is 0 Å². The summed E-state index contributed by atoms with van der Waals surface area (Å²) >= 11 is 0. The molecule has 0 atom stereocenters. The molecule has 0 radical (unpaired) electrons. The largest absolute Gasteiger partial charge is 0.506 e. The Bertz CT molecular complexity index is 301. The van der Waals surface area contributed by atoms with E-state index in [1.165, 1.54) is 0 Å². The number of phenols is 2. The van der Waals surface area contributed by atoms with Gasteiger partial charge in [-0.05, 0) is 0 Å². The standard InChI is InChI=1S/C10H16N2O2/c1-11(2)7-5-10(14)8(12(3)4)6-9(7)13/h5-6,13-14H,1-4H3. The van der Waals surface area contributed by atoms with Crippen molar-refractivity contribution in [2.24, 2.45) is 0 Å². The fourth-order valence-corrected chi connectivity index (χ4v) is 1.27. The Morgan fingerprint density at radius 1 is 0.786 bits per heavy atom. The minimum atomic E-state index is 0.163. The van der Waals surface area contributed by atoms with Crippen LogP contribution in [-0.2, 0) is 0 Å². The van der Waals surface area contributed by atoms with E-state index in [9.17, 15) is 10.2 Å². The van der Waals surface area contributed by atoms with Gasteiger partial charge < -0.3 is 20.0 Å². The normalized spacial score (nSPS) is 10.0. The minimum absolute atomic E-state index is 0.163. The molecule has 0 saturated heterocycles. The molecule has 0 aliphatic carbocycles. The van der Waals surface area contributed by atoms with Gasteiger partial charge in [0.15, 0.2) is 0 Å². The van der Waals surface area contributed by atoms with Crippen molar-refractivity contribution in [1.82, 2.24) is 0 Å². The number of phenolic OH excluding ortho intramolecular Hbond substituents is 2. The van der Waals surface area contributed by atoms with Gasteiger partial charge in [-0.25, -0.2) is 0 Å². The van der Waals surface area contributed by atoms with Gasteiger partial charge in [0.25, 0.3) is 0 Å². The van der Waals surface area contributed by atoms with E-state index in [-0.39, 0.29) is 11.5 Å². The highest BCUT2D eigenvalue weighted by molar-refractivity contribution is 5.70. The van der Waals surface area contributed by atoms with Crippen molar-refractivity contribution in [3.8, 4) is 11.5 Å². The molecule has 1 aromatic rings. The molecular weight excluding hydrogens is 180 g/mol. The van der Waals surface area contributed by atoms with E-state index in [0.717, 1.165) is 0 Å². The quantitative estimate of drug-likeness (QED) is 0.698. The summed E-state index contributed by atoms with van der Waals surface area (Å²) < 4.78 is 0. The molecule has 1 aromatic carbocycles. The molecule has 0 unspecified atom stereocenters. The second-order valence-electron chi connectivity index (χ2n) is 3.62. The van der Waals surface area contributed by atoms with E-state index in [1.54, 1.807) is 21.9 Å². The first kappa shape index (κ1) is 10.5. The van der Waals surface area contributed by atoms with Crippen LogP contribution in [0.25, 0.3) is 0 Å². The zero-order valence-electron chi connectivity index (χ0n) is 8.94. The first-order valence-electron chi connectivity index (χ1n) is 4.34. The van der Waals surface area contributed by atoms with Gasteiger partial charge in [0.2, 0.25) is 0 Å². The Labute approximate surface area is 84.0 Å². The summed E-state index contributed by atoms with van der Waals surface area (Å²) in [5.41, 5.74) is 1.21. The molecule has 78 valence electrons. The monoisotopic (exact) mass is 196 g/mol. The average molecular weight is 196 g/mol. The van der Waals surface area contributed by atoms with E-state index in [4.69, 9.17) is 0 Å². The smallest absolute Gasteiger partial charge is 0.141 e. The molecule has 1 rings (SSSR count). The number of hydrogen-bond donors (Lipinski definition) is 2. The second kappa shape index (κ2) is 3.65. The Morgan fingerprint density at radius 3 is 1.29 bits per heavy atom. The molecule has 0 aromatic heterocycles. The lowest BCUT2D eigenvalue weighted by Crippen LogP contribution is -2.11. The molecule has 0 aliphatic rings. The molecule has 2 N–H and O–H groups in total. The fourth-order valence-electron chi connectivity index (χ4n) is 1.27. The zero-order chi connectivity index (χ0) is 10.9. The summed E-state index contributed by atoms with van der Waals surface area (Å²) in [6.07, 6.45) is 0. The van der Waals surface area contributed by atoms with Gasteiger partial charge >= 0.3 is 0 Å². The number of nitrogens with zero attached hydrogens (tertiary/aromatic N) is 2. The van der Waals surface area contributed by atoms with E-state index in [2.05, 4.69) is 0 Å². The van der Waals surface area contributed by atoms with Crippen LogP contribution < -0.4 is 9.80 Å². The third kappa shape index (κ3) is 1.84. The van der Waals surface area contributed by atoms with Crippen molar-refractivity contribution in [1.29, 1.82) is 0 Å². The van der Waals surface area contributed by atoms with E-state index in [0.29, 0.717) is 11.4 Å². The number of anilines is 2. The first-order valence-corrected chi connectivity index (χ1v) is 4.34. The topological polar surface area (TPSA) is 46.9 Å². The van der Waals surface area contributed by atoms with Crippen molar-refractivity contribution in [2.75, 3.05) is 38.0 Å². The van der Waals surface area contributed by atoms with Crippen molar-refractivity contribution in [3.05, 3.63) is 12.1 Å². The molecule has 0 bridgehead atoms. The molecular formula is C10H16N2O2. The molecule has 0 fully saturated rings. The van der Waals surface area contributed by atoms with Crippen LogP contribution in [0.2, 0.25) is 0 Å². The number of hydrogen-bond acceptors (Lipinski definition) is 4. The highest BCUT2D eigenvalue weighted by Gasteiger charge is 2.10. The van der Waals surface area contributed by atoms with Gasteiger partial charge in [-0.3, -0.25) is 0 Å². The van der Waals surface area contributed by atoms with Gasteiger partial charge in [0, 0.05) is 40.3 Å². The summed E-state index contributed by atoms with van der Waals surface area (Å²) in [5.74, 6) is 0.327. The number of benzene rings is 1. The maximum absolute atomic E-state index is 9.66. The molecule has 0 heterocycles. The number of rotatable bonds is 2. The SMILES string of the molecule is CN(C)c1cc(O)c(N(C)C)cc1O. The summed E-state index contributed by atoms with van der Waals surface area (Å²) in [6.45, 7) is 0. The summed E-state index contributed by atoms with van der Waals surface area (Å²) in [5, 5.41) is 19.3. The van der Waals surface area contributed by atoms with Crippen LogP contribution in [0.5, 0.6) is 11.5 Å². The Kier molecular flexibility index (Phi) is 2.74. The van der Waals surface area contributed by atoms with Crippen molar-refractivity contribution in [3.63, 3.8) is 0 Å². The lowest BCUT2D eigenvalue weighted by atomic mass is 10.2. The predicted octanol–water partition coefficient (Wildman–Crippen LogP) is 1.23. The lowest BCUT2D eigenvalue weighted by molar-refractivity contribution is 0.461. The first-order chi connectivity index (χ1) is 6.43. The molecule has 0 spiro atoms. The highest BCUT2D eigenvalue weighted by atomic mass is 16.3. The third-order valence-electron chi connectivity index (χ3n) is 2.04. The molecule has 4 heteroatoms. The van der Waals surface area contributed by atoms with Crippen LogP contribution in [0.1, 0.15) is 0 Å². The summed E-state index contributed by atoms with van der Waals surface area (Å²) in [4.78, 5) is 3.49. The van der Waals surface area contributed by atoms with Crippen LogP contribution in [-0.4, -0.2) is 38.4 Å². The van der Waals surface area contributed by atoms with E-state index in [1.807, 2.05) is 28.2 Å². The van der Waals surface area contributed by atoms with Gasteiger partial charge in [0.05, 0.1) is 11.4 Å². The van der Waals surface area contributed by atoms with Crippen LogP contribution in [0, 0.1) is 0 Å². The second-order valence-corrected chi connectivity index (χ2v) is 3.62. The lowest BCUT2D eigenvalue weighted by Gasteiger charge is -2.19. The number of aromatic hydroxyl groups is 2. The van der Waals surface area contributed by atoms with Crippen molar-refractivity contribution in [2.45, 2.75) is 0 Å². The summed E-state index contributed by atoms with van der Waals surface area (Å²) in [7, 11) is 7.24. The van der Waals surface area contributed by atoms with Crippen LogP contribution in [0.4, 0.5) is 11.4 Å². The fraction of sp³-hybridized carbons (Fsp3) is 0.400. The van der Waals surface area contributed by atoms with Gasteiger partial charge in [-0.1, -0.05) is 0 Å². The maximum Gasteiger partial charge on any atom is 0.141 e. The predicted molar refractivity (Wildman–Crippen MR) is 58.4 cm³/mol. The van der Waals surface area contributed by atoms with Crippen molar-refractivity contribution < 1.29 is 10.2 Å². The minimum Gasteiger partial charge on any atom is -0.506 e. The van der Waals surface area contributed by atoms with E-state index >= 15 is 0 Å². The van der Waals surface area contributed by atoms with Crippen LogP contribution in [0.15, 0.2) is 12.1 Å². The zero-order valence-corrected chi connectivity index (χ0v) is 8.94. The van der Waals surface area contributed by atoms with Crippen molar-refractivity contribution >= 4 is 11.4 Å². The molecule has 0 aliphatic heterocycles.